The number of carbonyl (C=O) groups excluding carboxylic acids is 2. The van der Waals surface area contributed by atoms with Crippen molar-refractivity contribution in [2.45, 2.75) is 12.5 Å². The highest BCUT2D eigenvalue weighted by Gasteiger charge is 2.20. The monoisotopic (exact) mass is 309 g/mol. The molecule has 0 spiro atoms. The highest BCUT2D eigenvalue weighted by Crippen LogP contribution is 2.05. The van der Waals surface area contributed by atoms with Gasteiger partial charge >= 0.3 is 5.97 Å². The van der Waals surface area contributed by atoms with Crippen LogP contribution < -0.4 is 5.32 Å². The van der Waals surface area contributed by atoms with E-state index in [1.807, 2.05) is 60.7 Å². The molecule has 23 heavy (non-hydrogen) atoms. The minimum atomic E-state index is -0.713. The number of methoxy groups -OCH3 is 1. The Morgan fingerprint density at radius 3 is 2.26 bits per heavy atom. The lowest BCUT2D eigenvalue weighted by molar-refractivity contribution is -0.144. The molecule has 0 saturated carbocycles. The van der Waals surface area contributed by atoms with Crippen molar-refractivity contribution in [2.75, 3.05) is 7.11 Å². The quantitative estimate of drug-likeness (QED) is 0.659. The Morgan fingerprint density at radius 1 is 1.04 bits per heavy atom. The smallest absolute Gasteiger partial charge is 0.328 e. The summed E-state index contributed by atoms with van der Waals surface area (Å²) in [4.78, 5) is 23.9. The Morgan fingerprint density at radius 2 is 1.65 bits per heavy atom. The Bertz CT molecular complexity index is 666. The second-order valence-corrected chi connectivity index (χ2v) is 5.02. The molecule has 0 saturated heterocycles. The minimum Gasteiger partial charge on any atom is -0.467 e. The molecule has 0 bridgehead atoms. The van der Waals surface area contributed by atoms with E-state index in [0.29, 0.717) is 6.42 Å². The lowest BCUT2D eigenvalue weighted by atomic mass is 10.1. The SMILES string of the molecule is COC(=O)[C@H](Cc1ccccc1)NC(=O)/C=C/c1ccccc1. The van der Waals surface area contributed by atoms with Gasteiger partial charge in [-0.3, -0.25) is 4.79 Å². The van der Waals surface area contributed by atoms with Gasteiger partial charge in [-0.1, -0.05) is 60.7 Å². The Balaban J connectivity index is 2.01. The third-order valence-corrected chi connectivity index (χ3v) is 3.31. The first kappa shape index (κ1) is 16.5. The number of nitrogens with one attached hydrogen (secondary N) is 1. The van der Waals surface area contributed by atoms with Crippen LogP contribution in [0.25, 0.3) is 6.08 Å². The van der Waals surface area contributed by atoms with Crippen molar-refractivity contribution in [1.82, 2.24) is 5.32 Å². The average molecular weight is 309 g/mol. The van der Waals surface area contributed by atoms with Crippen LogP contribution in [-0.2, 0) is 20.7 Å². The van der Waals surface area contributed by atoms with E-state index < -0.39 is 12.0 Å². The van der Waals surface area contributed by atoms with Gasteiger partial charge in [0.25, 0.3) is 0 Å². The molecule has 0 aliphatic rings. The number of hydrogen-bond acceptors (Lipinski definition) is 3. The fourth-order valence-corrected chi connectivity index (χ4v) is 2.14. The lowest BCUT2D eigenvalue weighted by Gasteiger charge is -2.15. The molecular weight excluding hydrogens is 290 g/mol. The zero-order chi connectivity index (χ0) is 16.5. The Labute approximate surface area is 135 Å². The van der Waals surface area contributed by atoms with Crippen LogP contribution in [0.5, 0.6) is 0 Å². The molecule has 0 radical (unpaired) electrons. The van der Waals surface area contributed by atoms with Crippen molar-refractivity contribution in [1.29, 1.82) is 0 Å². The van der Waals surface area contributed by atoms with Crippen molar-refractivity contribution in [3.05, 3.63) is 77.9 Å². The van der Waals surface area contributed by atoms with Crippen LogP contribution in [0.1, 0.15) is 11.1 Å². The zero-order valence-corrected chi connectivity index (χ0v) is 12.9. The highest BCUT2D eigenvalue weighted by molar-refractivity contribution is 5.94. The number of benzene rings is 2. The molecular formula is C19H19NO3. The highest BCUT2D eigenvalue weighted by atomic mass is 16.5. The zero-order valence-electron chi connectivity index (χ0n) is 12.9. The van der Waals surface area contributed by atoms with Crippen LogP contribution in [0.2, 0.25) is 0 Å². The second kappa shape index (κ2) is 8.54. The number of ether oxygens (including phenoxy) is 1. The molecule has 0 aliphatic carbocycles. The van der Waals surface area contributed by atoms with E-state index in [1.165, 1.54) is 13.2 Å². The van der Waals surface area contributed by atoms with E-state index in [2.05, 4.69) is 5.32 Å². The van der Waals surface area contributed by atoms with Crippen LogP contribution >= 0.6 is 0 Å². The van der Waals surface area contributed by atoms with Gasteiger partial charge in [0.05, 0.1) is 7.11 Å². The molecule has 1 atom stereocenters. The first-order valence-corrected chi connectivity index (χ1v) is 7.34. The lowest BCUT2D eigenvalue weighted by Crippen LogP contribution is -2.42. The van der Waals surface area contributed by atoms with Crippen molar-refractivity contribution in [2.24, 2.45) is 0 Å². The minimum absolute atomic E-state index is 0.333. The van der Waals surface area contributed by atoms with Crippen LogP contribution in [0.15, 0.2) is 66.7 Å². The standard InChI is InChI=1S/C19H19NO3/c1-23-19(22)17(14-16-10-6-3-7-11-16)20-18(21)13-12-15-8-4-2-5-9-15/h2-13,17H,14H2,1H3,(H,20,21)/b13-12+/t17-/m0/s1. The Hall–Kier alpha value is -2.88. The maximum atomic E-state index is 12.0. The van der Waals surface area contributed by atoms with Gasteiger partial charge in [0.15, 0.2) is 0 Å². The van der Waals surface area contributed by atoms with Crippen LogP contribution in [-0.4, -0.2) is 25.0 Å². The van der Waals surface area contributed by atoms with E-state index in [9.17, 15) is 9.59 Å². The first-order chi connectivity index (χ1) is 11.2. The molecule has 1 N–H and O–H groups in total. The molecule has 1 amide bonds. The number of amides is 1. The number of carbonyl (C=O) groups is 2. The van der Waals surface area contributed by atoms with E-state index in [0.717, 1.165) is 11.1 Å². The van der Waals surface area contributed by atoms with Crippen molar-refractivity contribution in [3.8, 4) is 0 Å². The molecule has 0 heterocycles. The third-order valence-electron chi connectivity index (χ3n) is 3.31. The van der Waals surface area contributed by atoms with Gasteiger partial charge in [-0.2, -0.15) is 0 Å². The second-order valence-electron chi connectivity index (χ2n) is 5.02. The summed E-state index contributed by atoms with van der Waals surface area (Å²) in [5.74, 6) is -0.796. The molecule has 4 heteroatoms. The fraction of sp³-hybridized carbons (Fsp3) is 0.158. The van der Waals surface area contributed by atoms with E-state index in [4.69, 9.17) is 4.74 Å². The topological polar surface area (TPSA) is 55.4 Å². The maximum absolute atomic E-state index is 12.0. The molecule has 2 rings (SSSR count). The maximum Gasteiger partial charge on any atom is 0.328 e. The van der Waals surface area contributed by atoms with Crippen LogP contribution in [0.4, 0.5) is 0 Å². The molecule has 0 aliphatic heterocycles. The first-order valence-electron chi connectivity index (χ1n) is 7.34. The molecule has 0 fully saturated rings. The van der Waals surface area contributed by atoms with Crippen molar-refractivity contribution < 1.29 is 14.3 Å². The van der Waals surface area contributed by atoms with Crippen molar-refractivity contribution >= 4 is 18.0 Å². The molecule has 0 aromatic heterocycles. The van der Waals surface area contributed by atoms with E-state index in [1.54, 1.807) is 6.08 Å². The molecule has 118 valence electrons. The molecule has 2 aromatic rings. The summed E-state index contributed by atoms with van der Waals surface area (Å²) < 4.78 is 4.77. The predicted molar refractivity (Wildman–Crippen MR) is 89.6 cm³/mol. The van der Waals surface area contributed by atoms with Gasteiger partial charge in [0, 0.05) is 12.5 Å². The summed E-state index contributed by atoms with van der Waals surface area (Å²) in [5, 5.41) is 2.69. The van der Waals surface area contributed by atoms with Gasteiger partial charge in [-0.15, -0.1) is 0 Å². The summed E-state index contributed by atoms with van der Waals surface area (Å²) in [5.41, 5.74) is 1.87. The van der Waals surface area contributed by atoms with Gasteiger partial charge in [-0.05, 0) is 17.2 Å². The van der Waals surface area contributed by atoms with E-state index >= 15 is 0 Å². The summed E-state index contributed by atoms with van der Waals surface area (Å²) in [6, 6.07) is 18.3. The van der Waals surface area contributed by atoms with E-state index in [-0.39, 0.29) is 5.91 Å². The number of rotatable bonds is 6. The summed E-state index contributed by atoms with van der Waals surface area (Å²) in [6.07, 6.45) is 3.50. The van der Waals surface area contributed by atoms with Gasteiger partial charge in [-0.25, -0.2) is 4.79 Å². The van der Waals surface area contributed by atoms with Crippen LogP contribution in [0.3, 0.4) is 0 Å². The largest absolute Gasteiger partial charge is 0.467 e. The normalized spacial score (nSPS) is 11.9. The van der Waals surface area contributed by atoms with Gasteiger partial charge in [0.1, 0.15) is 6.04 Å². The molecule has 2 aromatic carbocycles. The number of esters is 1. The predicted octanol–water partition coefficient (Wildman–Crippen LogP) is 2.60. The Kier molecular flexibility index (Phi) is 6.12. The molecule has 0 unspecified atom stereocenters. The third kappa shape index (κ3) is 5.43. The number of hydrogen-bond donors (Lipinski definition) is 1. The summed E-state index contributed by atoms with van der Waals surface area (Å²) >= 11 is 0. The fourth-order valence-electron chi connectivity index (χ4n) is 2.14. The average Bonchev–Trinajstić information content (AvgIpc) is 2.60. The summed E-state index contributed by atoms with van der Waals surface area (Å²) in [7, 11) is 1.31. The van der Waals surface area contributed by atoms with Crippen LogP contribution in [0, 0.1) is 0 Å². The summed E-state index contributed by atoms with van der Waals surface area (Å²) in [6.45, 7) is 0. The molecule has 4 nitrogen and oxygen atoms in total. The van der Waals surface area contributed by atoms with Gasteiger partial charge < -0.3 is 10.1 Å². The van der Waals surface area contributed by atoms with Gasteiger partial charge in [0.2, 0.25) is 5.91 Å². The van der Waals surface area contributed by atoms with Crippen molar-refractivity contribution in [3.63, 3.8) is 0 Å².